The molecular weight excluding hydrogens is 249 g/mol. The van der Waals surface area contributed by atoms with Gasteiger partial charge in [-0.05, 0) is 37.3 Å². The van der Waals surface area contributed by atoms with Gasteiger partial charge >= 0.3 is 0 Å². The topological polar surface area (TPSA) is 42.1 Å². The minimum atomic E-state index is -0.310. The minimum absolute atomic E-state index is 0.0958. The molecule has 0 aliphatic carbocycles. The summed E-state index contributed by atoms with van der Waals surface area (Å²) in [4.78, 5) is 6.50. The van der Waals surface area contributed by atoms with Crippen LogP contribution in [0.5, 0.6) is 0 Å². The maximum absolute atomic E-state index is 12.8. The number of hydrogen-bond acceptors (Lipinski definition) is 4. The fraction of sp³-hybridized carbons (Fsp3) is 0.615. The van der Waals surface area contributed by atoms with Crippen molar-refractivity contribution in [3.63, 3.8) is 0 Å². The van der Waals surface area contributed by atoms with E-state index in [1.807, 2.05) is 11.8 Å². The van der Waals surface area contributed by atoms with Gasteiger partial charge in [-0.25, -0.2) is 4.39 Å². The van der Waals surface area contributed by atoms with Crippen molar-refractivity contribution in [1.82, 2.24) is 9.88 Å². The van der Waals surface area contributed by atoms with E-state index in [1.54, 1.807) is 6.07 Å². The summed E-state index contributed by atoms with van der Waals surface area (Å²) < 4.78 is 12.8. The van der Waals surface area contributed by atoms with E-state index in [0.29, 0.717) is 0 Å². The van der Waals surface area contributed by atoms with Crippen molar-refractivity contribution < 1.29 is 4.39 Å². The molecular formula is C13H20FN3S. The number of hydrogen-bond donors (Lipinski definition) is 1. The molecule has 1 aliphatic rings. The summed E-state index contributed by atoms with van der Waals surface area (Å²) in [6.07, 6.45) is 3.37. The molecule has 2 rings (SSSR count). The van der Waals surface area contributed by atoms with Crippen LogP contribution in [-0.4, -0.2) is 41.0 Å². The highest BCUT2D eigenvalue weighted by molar-refractivity contribution is 7.99. The Morgan fingerprint density at radius 3 is 3.06 bits per heavy atom. The van der Waals surface area contributed by atoms with Crippen molar-refractivity contribution in [3.8, 4) is 0 Å². The molecule has 100 valence electrons. The summed E-state index contributed by atoms with van der Waals surface area (Å²) in [6, 6.07) is 3.00. The molecule has 1 unspecified atom stereocenters. The highest BCUT2D eigenvalue weighted by Gasteiger charge is 2.12. The van der Waals surface area contributed by atoms with E-state index < -0.39 is 0 Å². The first-order valence-corrected chi connectivity index (χ1v) is 7.58. The molecule has 1 atom stereocenters. The monoisotopic (exact) mass is 269 g/mol. The van der Waals surface area contributed by atoms with Crippen LogP contribution in [0.1, 0.15) is 24.6 Å². The Morgan fingerprint density at radius 1 is 1.39 bits per heavy atom. The molecule has 0 aromatic carbocycles. The van der Waals surface area contributed by atoms with Crippen LogP contribution in [0.25, 0.3) is 0 Å². The Morgan fingerprint density at radius 2 is 2.28 bits per heavy atom. The Kier molecular flexibility index (Phi) is 5.41. The van der Waals surface area contributed by atoms with E-state index in [2.05, 4.69) is 9.88 Å². The lowest BCUT2D eigenvalue weighted by Crippen LogP contribution is -2.29. The summed E-state index contributed by atoms with van der Waals surface area (Å²) in [6.45, 7) is 3.31. The standard InChI is InChI=1S/C13H20FN3S/c14-11-2-3-13(16-10-11)12(15)4-6-17-5-1-8-18-9-7-17/h2-3,10,12H,1,4-9,15H2. The third kappa shape index (κ3) is 4.23. The molecule has 0 spiro atoms. The van der Waals surface area contributed by atoms with Crippen LogP contribution in [0.15, 0.2) is 18.3 Å². The van der Waals surface area contributed by atoms with Crippen molar-refractivity contribution >= 4 is 11.8 Å². The second-order valence-electron chi connectivity index (χ2n) is 4.60. The van der Waals surface area contributed by atoms with E-state index in [-0.39, 0.29) is 11.9 Å². The molecule has 5 heteroatoms. The van der Waals surface area contributed by atoms with Crippen LogP contribution in [0.2, 0.25) is 0 Å². The fourth-order valence-corrected chi connectivity index (χ4v) is 3.02. The summed E-state index contributed by atoms with van der Waals surface area (Å²) >= 11 is 2.02. The molecule has 1 aromatic heterocycles. The first-order chi connectivity index (χ1) is 8.75. The van der Waals surface area contributed by atoms with E-state index in [9.17, 15) is 4.39 Å². The van der Waals surface area contributed by atoms with E-state index in [0.717, 1.165) is 31.7 Å². The average molecular weight is 269 g/mol. The lowest BCUT2D eigenvalue weighted by atomic mass is 10.1. The van der Waals surface area contributed by atoms with Crippen molar-refractivity contribution in [3.05, 3.63) is 29.8 Å². The van der Waals surface area contributed by atoms with Gasteiger partial charge in [0, 0.05) is 24.9 Å². The van der Waals surface area contributed by atoms with Gasteiger partial charge in [-0.3, -0.25) is 4.98 Å². The van der Waals surface area contributed by atoms with Crippen LogP contribution < -0.4 is 5.73 Å². The molecule has 1 aromatic rings. The molecule has 0 bridgehead atoms. The second kappa shape index (κ2) is 7.07. The van der Waals surface area contributed by atoms with Gasteiger partial charge in [-0.2, -0.15) is 11.8 Å². The molecule has 2 N–H and O–H groups in total. The lowest BCUT2D eigenvalue weighted by Gasteiger charge is -2.21. The number of aromatic nitrogens is 1. The van der Waals surface area contributed by atoms with E-state index in [4.69, 9.17) is 5.73 Å². The Balaban J connectivity index is 1.80. The van der Waals surface area contributed by atoms with Crippen LogP contribution >= 0.6 is 11.8 Å². The molecule has 3 nitrogen and oxygen atoms in total. The quantitative estimate of drug-likeness (QED) is 0.908. The van der Waals surface area contributed by atoms with Gasteiger partial charge in [0.2, 0.25) is 0 Å². The van der Waals surface area contributed by atoms with Crippen LogP contribution in [0.4, 0.5) is 4.39 Å². The van der Waals surface area contributed by atoms with Crippen LogP contribution in [0, 0.1) is 5.82 Å². The average Bonchev–Trinajstić information content (AvgIpc) is 2.65. The highest BCUT2D eigenvalue weighted by Crippen LogP contribution is 2.15. The zero-order valence-electron chi connectivity index (χ0n) is 10.5. The molecule has 1 saturated heterocycles. The highest BCUT2D eigenvalue weighted by atomic mass is 32.2. The lowest BCUT2D eigenvalue weighted by molar-refractivity contribution is 0.282. The Bertz CT molecular complexity index is 350. The zero-order valence-corrected chi connectivity index (χ0v) is 11.3. The number of nitrogens with zero attached hydrogens (tertiary/aromatic N) is 2. The van der Waals surface area contributed by atoms with Gasteiger partial charge in [0.05, 0.1) is 11.9 Å². The smallest absolute Gasteiger partial charge is 0.141 e. The first kappa shape index (κ1) is 13.8. The fourth-order valence-electron chi connectivity index (χ4n) is 2.10. The summed E-state index contributed by atoms with van der Waals surface area (Å²) in [5.41, 5.74) is 6.86. The summed E-state index contributed by atoms with van der Waals surface area (Å²) in [7, 11) is 0. The first-order valence-electron chi connectivity index (χ1n) is 6.43. The molecule has 0 amide bonds. The predicted octanol–water partition coefficient (Wildman–Crippen LogP) is 2.05. The largest absolute Gasteiger partial charge is 0.323 e. The molecule has 1 aliphatic heterocycles. The molecule has 0 radical (unpaired) electrons. The van der Waals surface area contributed by atoms with Gasteiger partial charge in [0.1, 0.15) is 5.82 Å². The third-order valence-electron chi connectivity index (χ3n) is 3.20. The Labute approximate surface area is 112 Å². The maximum atomic E-state index is 12.8. The van der Waals surface area contributed by atoms with Gasteiger partial charge in [0.15, 0.2) is 0 Å². The molecule has 2 heterocycles. The predicted molar refractivity (Wildman–Crippen MR) is 74.1 cm³/mol. The normalized spacial score (nSPS) is 19.4. The third-order valence-corrected chi connectivity index (χ3v) is 4.25. The summed E-state index contributed by atoms with van der Waals surface area (Å²) in [5.74, 6) is 2.17. The number of nitrogens with two attached hydrogens (primary N) is 1. The molecule has 0 saturated carbocycles. The van der Waals surface area contributed by atoms with Gasteiger partial charge in [0.25, 0.3) is 0 Å². The van der Waals surface area contributed by atoms with Gasteiger partial charge in [-0.15, -0.1) is 0 Å². The maximum Gasteiger partial charge on any atom is 0.141 e. The van der Waals surface area contributed by atoms with E-state index >= 15 is 0 Å². The van der Waals surface area contributed by atoms with Crippen molar-refractivity contribution in [2.75, 3.05) is 31.1 Å². The SMILES string of the molecule is NC(CCN1CCCSCC1)c1ccc(F)cn1. The number of thioether (sulfide) groups is 1. The second-order valence-corrected chi connectivity index (χ2v) is 5.83. The van der Waals surface area contributed by atoms with E-state index in [1.165, 1.54) is 30.2 Å². The van der Waals surface area contributed by atoms with Crippen molar-refractivity contribution in [1.29, 1.82) is 0 Å². The zero-order chi connectivity index (χ0) is 12.8. The number of pyridine rings is 1. The van der Waals surface area contributed by atoms with Crippen LogP contribution in [-0.2, 0) is 0 Å². The number of rotatable bonds is 4. The van der Waals surface area contributed by atoms with Gasteiger partial charge < -0.3 is 10.6 Å². The minimum Gasteiger partial charge on any atom is -0.323 e. The summed E-state index contributed by atoms with van der Waals surface area (Å²) in [5, 5.41) is 0. The number of halogens is 1. The Hall–Kier alpha value is -0.650. The van der Waals surface area contributed by atoms with Gasteiger partial charge in [-0.1, -0.05) is 0 Å². The molecule has 1 fully saturated rings. The molecule has 18 heavy (non-hydrogen) atoms. The van der Waals surface area contributed by atoms with Crippen molar-refractivity contribution in [2.45, 2.75) is 18.9 Å². The van der Waals surface area contributed by atoms with Crippen LogP contribution in [0.3, 0.4) is 0 Å². The van der Waals surface area contributed by atoms with Crippen molar-refractivity contribution in [2.24, 2.45) is 5.73 Å².